The summed E-state index contributed by atoms with van der Waals surface area (Å²) < 4.78 is 39.6. The number of ketones is 1. The van der Waals surface area contributed by atoms with Crippen LogP contribution in [0.3, 0.4) is 0 Å². The molecule has 2 amide bonds. The fourth-order valence-corrected chi connectivity index (χ4v) is 4.69. The molecule has 2 saturated heterocycles. The largest absolute Gasteiger partial charge is 0.416 e. The van der Waals surface area contributed by atoms with Crippen molar-refractivity contribution in [2.75, 3.05) is 4.90 Å². The highest BCUT2D eigenvalue weighted by atomic mass is 19.4. The van der Waals surface area contributed by atoms with E-state index < -0.39 is 47.5 Å². The van der Waals surface area contributed by atoms with Crippen LogP contribution in [0.5, 0.6) is 0 Å². The van der Waals surface area contributed by atoms with Crippen LogP contribution in [0.25, 0.3) is 0 Å². The molecule has 9 heteroatoms. The van der Waals surface area contributed by atoms with Crippen LogP contribution in [-0.4, -0.2) is 40.9 Å². The highest BCUT2D eigenvalue weighted by Crippen LogP contribution is 2.46. The average Bonchev–Trinajstić information content (AvgIpc) is 3.26. The number of halogens is 3. The maximum Gasteiger partial charge on any atom is 0.416 e. The van der Waals surface area contributed by atoms with E-state index in [1.54, 1.807) is 42.5 Å². The first-order valence-corrected chi connectivity index (χ1v) is 9.92. The number of alkyl halides is 3. The number of Topliss-reactive ketones (excluding diaryl/α,β-unsaturated/α-hetero) is 1. The van der Waals surface area contributed by atoms with Crippen molar-refractivity contribution in [1.82, 2.24) is 5.01 Å². The van der Waals surface area contributed by atoms with E-state index >= 15 is 0 Å². The van der Waals surface area contributed by atoms with Crippen molar-refractivity contribution in [2.24, 2.45) is 16.9 Å². The number of imide groups is 1. The molecule has 5 rings (SSSR count). The zero-order valence-electron chi connectivity index (χ0n) is 16.4. The Morgan fingerprint density at radius 3 is 2.38 bits per heavy atom. The first kappa shape index (κ1) is 20.2. The van der Waals surface area contributed by atoms with Crippen LogP contribution in [-0.2, 0) is 15.8 Å². The van der Waals surface area contributed by atoms with Crippen LogP contribution < -0.4 is 4.90 Å². The molecular weight excluding hydrogens is 423 g/mol. The summed E-state index contributed by atoms with van der Waals surface area (Å²) in [5, 5.41) is 5.71. The lowest BCUT2D eigenvalue weighted by atomic mass is 9.86. The van der Waals surface area contributed by atoms with E-state index in [1.807, 2.05) is 0 Å². The molecule has 0 radical (unpaired) electrons. The summed E-state index contributed by atoms with van der Waals surface area (Å²) >= 11 is 0. The van der Waals surface area contributed by atoms with Crippen molar-refractivity contribution in [1.29, 1.82) is 0 Å². The number of anilines is 1. The molecule has 0 aliphatic carbocycles. The topological polar surface area (TPSA) is 70.0 Å². The number of nitrogens with zero attached hydrogens (tertiary/aromatic N) is 3. The van der Waals surface area contributed by atoms with Crippen molar-refractivity contribution in [3.63, 3.8) is 0 Å². The Bertz CT molecular complexity index is 1180. The Morgan fingerprint density at radius 2 is 1.66 bits per heavy atom. The third kappa shape index (κ3) is 2.96. The summed E-state index contributed by atoms with van der Waals surface area (Å²) in [6.45, 7) is 0. The molecule has 32 heavy (non-hydrogen) atoms. The number of rotatable bonds is 3. The van der Waals surface area contributed by atoms with Gasteiger partial charge in [0.05, 0.1) is 29.1 Å². The molecule has 0 N–H and O–H groups in total. The van der Waals surface area contributed by atoms with Crippen LogP contribution in [0.2, 0.25) is 0 Å². The van der Waals surface area contributed by atoms with Crippen LogP contribution in [0.15, 0.2) is 71.9 Å². The number of hydrogen-bond acceptors (Lipinski definition) is 5. The van der Waals surface area contributed by atoms with E-state index in [2.05, 4.69) is 5.10 Å². The maximum atomic E-state index is 13.4. The first-order chi connectivity index (χ1) is 15.3. The van der Waals surface area contributed by atoms with Gasteiger partial charge in [0.15, 0.2) is 5.78 Å². The molecule has 0 spiro atoms. The summed E-state index contributed by atoms with van der Waals surface area (Å²) in [6, 6.07) is 10.7. The van der Waals surface area contributed by atoms with E-state index in [0.29, 0.717) is 5.56 Å². The SMILES string of the molecule is O=C(c1ccccc1)[C@@H]1[C@@H]2C(=O)N(c3cccc(C(F)(F)F)c3)C(=O)[C@@H]2C2C=CC=NN21. The molecule has 0 bridgehead atoms. The Labute approximate surface area is 180 Å². The minimum atomic E-state index is -4.62. The van der Waals surface area contributed by atoms with Gasteiger partial charge in [-0.05, 0) is 24.3 Å². The molecule has 6 nitrogen and oxygen atoms in total. The van der Waals surface area contributed by atoms with Gasteiger partial charge in [-0.25, -0.2) is 4.90 Å². The highest BCUT2D eigenvalue weighted by molar-refractivity contribution is 6.24. The Kier molecular flexibility index (Phi) is 4.51. The van der Waals surface area contributed by atoms with Crippen LogP contribution in [0.1, 0.15) is 15.9 Å². The van der Waals surface area contributed by atoms with E-state index in [0.717, 1.165) is 23.1 Å². The molecule has 2 aromatic rings. The monoisotopic (exact) mass is 439 g/mol. The number of amides is 2. The maximum absolute atomic E-state index is 13.4. The molecule has 4 atom stereocenters. The van der Waals surface area contributed by atoms with Gasteiger partial charge in [0, 0.05) is 11.8 Å². The zero-order valence-corrected chi connectivity index (χ0v) is 16.4. The number of allylic oxidation sites excluding steroid dienone is 1. The summed E-state index contributed by atoms with van der Waals surface area (Å²) in [5.41, 5.74) is -0.766. The zero-order chi connectivity index (χ0) is 22.6. The summed E-state index contributed by atoms with van der Waals surface area (Å²) in [4.78, 5) is 40.9. The fraction of sp³-hybridized carbons (Fsp3) is 0.217. The summed E-state index contributed by atoms with van der Waals surface area (Å²) in [6.07, 6.45) is 0.158. The van der Waals surface area contributed by atoms with Gasteiger partial charge in [0.1, 0.15) is 6.04 Å². The van der Waals surface area contributed by atoms with E-state index in [4.69, 9.17) is 0 Å². The summed E-state index contributed by atoms with van der Waals surface area (Å²) in [5.74, 6) is -3.70. The minimum absolute atomic E-state index is 0.162. The lowest BCUT2D eigenvalue weighted by Gasteiger charge is -2.30. The second-order valence-corrected chi connectivity index (χ2v) is 7.81. The third-order valence-corrected chi connectivity index (χ3v) is 6.05. The second kappa shape index (κ2) is 7.15. The van der Waals surface area contributed by atoms with Gasteiger partial charge in [-0.15, -0.1) is 0 Å². The van der Waals surface area contributed by atoms with Gasteiger partial charge < -0.3 is 0 Å². The highest BCUT2D eigenvalue weighted by Gasteiger charge is 2.64. The van der Waals surface area contributed by atoms with E-state index in [-0.39, 0.29) is 11.5 Å². The quantitative estimate of drug-likeness (QED) is 0.544. The predicted molar refractivity (Wildman–Crippen MR) is 109 cm³/mol. The number of carbonyl (C=O) groups excluding carboxylic acids is 3. The normalized spacial score (nSPS) is 26.5. The molecule has 3 aliphatic heterocycles. The molecule has 0 saturated carbocycles. The Hall–Kier alpha value is -3.75. The molecular formula is C23H16F3N3O3. The Balaban J connectivity index is 1.57. The standard InChI is InChI=1S/C23H16F3N3O3/c24-23(25,26)14-8-4-9-15(12-14)28-21(31)17-16-10-5-11-27-29(16)19(18(17)22(28)32)20(30)13-6-2-1-3-7-13/h1-12,16-19H/t16?,17-,18-,19+/m1/s1. The fourth-order valence-electron chi connectivity index (χ4n) is 4.69. The second-order valence-electron chi connectivity index (χ2n) is 7.81. The predicted octanol–water partition coefficient (Wildman–Crippen LogP) is 3.30. The Morgan fingerprint density at radius 1 is 0.938 bits per heavy atom. The molecule has 2 fully saturated rings. The lowest BCUT2D eigenvalue weighted by molar-refractivity contribution is -0.137. The van der Waals surface area contributed by atoms with Gasteiger partial charge in [0.2, 0.25) is 11.8 Å². The van der Waals surface area contributed by atoms with Crippen molar-refractivity contribution >= 4 is 29.5 Å². The van der Waals surface area contributed by atoms with Gasteiger partial charge in [-0.3, -0.25) is 19.4 Å². The summed E-state index contributed by atoms with van der Waals surface area (Å²) in [7, 11) is 0. The number of fused-ring (bicyclic) bond motifs is 3. The molecule has 162 valence electrons. The first-order valence-electron chi connectivity index (χ1n) is 9.92. The molecule has 3 heterocycles. The third-order valence-electron chi connectivity index (χ3n) is 6.05. The average molecular weight is 439 g/mol. The lowest BCUT2D eigenvalue weighted by Crippen LogP contribution is -2.46. The van der Waals surface area contributed by atoms with Gasteiger partial charge in [-0.2, -0.15) is 18.3 Å². The molecule has 0 aromatic heterocycles. The molecule has 3 aliphatic rings. The van der Waals surface area contributed by atoms with Crippen molar-refractivity contribution in [2.45, 2.75) is 18.3 Å². The van der Waals surface area contributed by atoms with Crippen LogP contribution in [0.4, 0.5) is 18.9 Å². The van der Waals surface area contributed by atoms with Gasteiger partial charge in [0.25, 0.3) is 0 Å². The van der Waals surface area contributed by atoms with E-state index in [9.17, 15) is 27.6 Å². The number of benzene rings is 2. The van der Waals surface area contributed by atoms with Gasteiger partial charge in [-0.1, -0.05) is 42.5 Å². The van der Waals surface area contributed by atoms with Gasteiger partial charge >= 0.3 is 6.18 Å². The van der Waals surface area contributed by atoms with Crippen LogP contribution >= 0.6 is 0 Å². The van der Waals surface area contributed by atoms with Crippen LogP contribution in [0, 0.1) is 11.8 Å². The number of hydrazone groups is 1. The minimum Gasteiger partial charge on any atom is -0.292 e. The smallest absolute Gasteiger partial charge is 0.292 e. The molecule has 1 unspecified atom stereocenters. The number of hydrogen-bond donors (Lipinski definition) is 0. The van der Waals surface area contributed by atoms with Crippen molar-refractivity contribution in [3.8, 4) is 0 Å². The number of carbonyl (C=O) groups is 3. The molecule has 2 aromatic carbocycles. The van der Waals surface area contributed by atoms with Crippen molar-refractivity contribution in [3.05, 3.63) is 77.9 Å². The van der Waals surface area contributed by atoms with E-state index in [1.165, 1.54) is 17.3 Å². The van der Waals surface area contributed by atoms with Crippen molar-refractivity contribution < 1.29 is 27.6 Å².